The highest BCUT2D eigenvalue weighted by molar-refractivity contribution is 5.40. The molecule has 0 radical (unpaired) electrons. The lowest BCUT2D eigenvalue weighted by Gasteiger charge is -1.94. The van der Waals surface area contributed by atoms with Crippen LogP contribution in [0.3, 0.4) is 0 Å². The first kappa shape index (κ1) is 13.0. The van der Waals surface area contributed by atoms with Crippen LogP contribution in [-0.2, 0) is 0 Å². The lowest BCUT2D eigenvalue weighted by atomic mass is 10.2. The van der Waals surface area contributed by atoms with Gasteiger partial charge in [-0.25, -0.2) is 4.39 Å². The minimum Gasteiger partial charge on any atom is -0.399 e. The predicted octanol–water partition coefficient (Wildman–Crippen LogP) is 3.29. The topological polar surface area (TPSA) is 52.0 Å². The Labute approximate surface area is 101 Å². The van der Waals surface area contributed by atoms with E-state index in [-0.39, 0.29) is 11.5 Å². The third-order valence-corrected chi connectivity index (χ3v) is 2.23. The van der Waals surface area contributed by atoms with Gasteiger partial charge in [0.25, 0.3) is 0 Å². The van der Waals surface area contributed by atoms with Crippen LogP contribution in [0.15, 0.2) is 42.5 Å². The Balaban J connectivity index is 0.000000171. The quantitative estimate of drug-likeness (QED) is 0.685. The lowest BCUT2D eigenvalue weighted by molar-refractivity contribution is 0.631. The molecule has 3 heteroatoms. The van der Waals surface area contributed by atoms with Crippen LogP contribution in [0, 0.1) is 19.7 Å². The molecule has 0 saturated carbocycles. The second-order valence-electron chi connectivity index (χ2n) is 3.94. The van der Waals surface area contributed by atoms with Crippen molar-refractivity contribution in [2.45, 2.75) is 13.8 Å². The van der Waals surface area contributed by atoms with Gasteiger partial charge >= 0.3 is 0 Å². The van der Waals surface area contributed by atoms with E-state index in [1.807, 2.05) is 38.1 Å². The Kier molecular flexibility index (Phi) is 4.52. The normalized spacial score (nSPS) is 9.35. The molecule has 0 saturated heterocycles. The fourth-order valence-corrected chi connectivity index (χ4v) is 1.20. The maximum Gasteiger partial charge on any atom is 0.146 e. The summed E-state index contributed by atoms with van der Waals surface area (Å²) in [7, 11) is 0. The van der Waals surface area contributed by atoms with Crippen molar-refractivity contribution in [3.05, 3.63) is 59.4 Å². The van der Waals surface area contributed by atoms with Crippen LogP contribution < -0.4 is 11.5 Å². The van der Waals surface area contributed by atoms with E-state index in [1.165, 1.54) is 11.6 Å². The van der Waals surface area contributed by atoms with Crippen molar-refractivity contribution < 1.29 is 4.39 Å². The Hall–Kier alpha value is -2.03. The monoisotopic (exact) mass is 232 g/mol. The number of nitrogen functional groups attached to an aromatic ring is 2. The Bertz CT molecular complexity index is 457. The SMILES string of the molecule is Cc1ccc(N)c(F)c1.Cc1ccc(N)cc1. The van der Waals surface area contributed by atoms with Crippen molar-refractivity contribution in [2.75, 3.05) is 11.5 Å². The summed E-state index contributed by atoms with van der Waals surface area (Å²) in [4.78, 5) is 0. The average Bonchev–Trinajstić information content (AvgIpc) is 2.29. The second kappa shape index (κ2) is 5.89. The average molecular weight is 232 g/mol. The molecule has 2 rings (SSSR count). The molecule has 0 atom stereocenters. The highest BCUT2D eigenvalue weighted by Gasteiger charge is 1.94. The third-order valence-electron chi connectivity index (χ3n) is 2.23. The molecule has 2 aromatic carbocycles. The molecule has 0 fully saturated rings. The van der Waals surface area contributed by atoms with Crippen molar-refractivity contribution in [1.82, 2.24) is 0 Å². The molecule has 0 bridgehead atoms. The molecule has 0 aliphatic rings. The van der Waals surface area contributed by atoms with E-state index < -0.39 is 0 Å². The molecule has 2 nitrogen and oxygen atoms in total. The lowest BCUT2D eigenvalue weighted by Crippen LogP contribution is -1.89. The van der Waals surface area contributed by atoms with Crippen LogP contribution in [0.4, 0.5) is 15.8 Å². The van der Waals surface area contributed by atoms with Gasteiger partial charge in [-0.1, -0.05) is 23.8 Å². The van der Waals surface area contributed by atoms with Gasteiger partial charge in [0.2, 0.25) is 0 Å². The Morgan fingerprint density at radius 2 is 1.35 bits per heavy atom. The highest BCUT2D eigenvalue weighted by Crippen LogP contribution is 2.10. The molecule has 4 N–H and O–H groups in total. The van der Waals surface area contributed by atoms with Gasteiger partial charge in [0.05, 0.1) is 5.69 Å². The van der Waals surface area contributed by atoms with E-state index >= 15 is 0 Å². The highest BCUT2D eigenvalue weighted by atomic mass is 19.1. The number of hydrogen-bond acceptors (Lipinski definition) is 2. The molecule has 0 aromatic heterocycles. The molecule has 0 amide bonds. The van der Waals surface area contributed by atoms with Crippen molar-refractivity contribution in [2.24, 2.45) is 0 Å². The van der Waals surface area contributed by atoms with Gasteiger partial charge in [-0.05, 0) is 43.7 Å². The summed E-state index contributed by atoms with van der Waals surface area (Å²) in [5, 5.41) is 0. The molecule has 0 unspecified atom stereocenters. The van der Waals surface area contributed by atoms with Gasteiger partial charge in [0.15, 0.2) is 0 Å². The Morgan fingerprint density at radius 1 is 0.824 bits per heavy atom. The summed E-state index contributed by atoms with van der Waals surface area (Å²) in [6.07, 6.45) is 0. The van der Waals surface area contributed by atoms with Crippen molar-refractivity contribution in [1.29, 1.82) is 0 Å². The molecular formula is C14H17FN2. The molecular weight excluding hydrogens is 215 g/mol. The maximum atomic E-state index is 12.5. The molecule has 0 aliphatic carbocycles. The van der Waals surface area contributed by atoms with E-state index in [2.05, 4.69) is 0 Å². The molecule has 0 spiro atoms. The van der Waals surface area contributed by atoms with Crippen molar-refractivity contribution in [3.63, 3.8) is 0 Å². The number of halogens is 1. The number of aryl methyl sites for hydroxylation is 2. The third kappa shape index (κ3) is 4.55. The van der Waals surface area contributed by atoms with Crippen LogP contribution in [0.2, 0.25) is 0 Å². The number of hydrogen-bond donors (Lipinski definition) is 2. The number of nitrogens with two attached hydrogens (primary N) is 2. The van der Waals surface area contributed by atoms with E-state index in [1.54, 1.807) is 12.1 Å². The summed E-state index contributed by atoms with van der Waals surface area (Å²) >= 11 is 0. The number of anilines is 2. The first-order chi connectivity index (χ1) is 7.99. The van der Waals surface area contributed by atoms with E-state index in [9.17, 15) is 4.39 Å². The smallest absolute Gasteiger partial charge is 0.146 e. The first-order valence-electron chi connectivity index (χ1n) is 5.33. The van der Waals surface area contributed by atoms with Gasteiger partial charge in [-0.15, -0.1) is 0 Å². The zero-order chi connectivity index (χ0) is 12.8. The van der Waals surface area contributed by atoms with Crippen LogP contribution in [0.5, 0.6) is 0 Å². The number of benzene rings is 2. The van der Waals surface area contributed by atoms with Gasteiger partial charge in [0, 0.05) is 5.69 Å². The summed E-state index contributed by atoms with van der Waals surface area (Å²) in [6, 6.07) is 12.5. The van der Waals surface area contributed by atoms with Crippen molar-refractivity contribution >= 4 is 11.4 Å². The van der Waals surface area contributed by atoms with Gasteiger partial charge in [-0.3, -0.25) is 0 Å². The van der Waals surface area contributed by atoms with Crippen LogP contribution in [-0.4, -0.2) is 0 Å². The minimum atomic E-state index is -0.338. The van der Waals surface area contributed by atoms with Crippen LogP contribution >= 0.6 is 0 Å². The van der Waals surface area contributed by atoms with Gasteiger partial charge < -0.3 is 11.5 Å². The minimum absolute atomic E-state index is 0.209. The summed E-state index contributed by atoms with van der Waals surface area (Å²) in [5.74, 6) is -0.338. The van der Waals surface area contributed by atoms with Crippen molar-refractivity contribution in [3.8, 4) is 0 Å². The molecule has 90 valence electrons. The van der Waals surface area contributed by atoms with E-state index in [4.69, 9.17) is 11.5 Å². The van der Waals surface area contributed by atoms with Gasteiger partial charge in [0.1, 0.15) is 5.82 Å². The standard InChI is InChI=1S/C7H8FN.C7H9N/c1-5-2-3-7(9)6(8)4-5;1-6-2-4-7(8)5-3-6/h2-4H,9H2,1H3;2-5H,8H2,1H3. The zero-order valence-corrected chi connectivity index (χ0v) is 10.1. The first-order valence-corrected chi connectivity index (χ1v) is 5.33. The molecule has 2 aromatic rings. The van der Waals surface area contributed by atoms with E-state index in [0.717, 1.165) is 11.3 Å². The largest absolute Gasteiger partial charge is 0.399 e. The molecule has 17 heavy (non-hydrogen) atoms. The Morgan fingerprint density at radius 3 is 1.76 bits per heavy atom. The molecule has 0 aliphatic heterocycles. The van der Waals surface area contributed by atoms with Gasteiger partial charge in [-0.2, -0.15) is 0 Å². The maximum absolute atomic E-state index is 12.5. The van der Waals surface area contributed by atoms with E-state index in [0.29, 0.717) is 0 Å². The zero-order valence-electron chi connectivity index (χ0n) is 10.1. The second-order valence-corrected chi connectivity index (χ2v) is 3.94. The van der Waals surface area contributed by atoms with Crippen LogP contribution in [0.1, 0.15) is 11.1 Å². The number of rotatable bonds is 0. The predicted molar refractivity (Wildman–Crippen MR) is 71.1 cm³/mol. The van der Waals surface area contributed by atoms with Crippen LogP contribution in [0.25, 0.3) is 0 Å². The molecule has 0 heterocycles. The fraction of sp³-hybridized carbons (Fsp3) is 0.143. The summed E-state index contributed by atoms with van der Waals surface area (Å²) in [5.41, 5.74) is 13.8. The summed E-state index contributed by atoms with van der Waals surface area (Å²) in [6.45, 7) is 3.86. The fourth-order valence-electron chi connectivity index (χ4n) is 1.20. The summed E-state index contributed by atoms with van der Waals surface area (Å²) < 4.78 is 12.5.